The zero-order valence-electron chi connectivity index (χ0n) is 8.43. The van der Waals surface area contributed by atoms with Gasteiger partial charge in [0.2, 0.25) is 0 Å². The third kappa shape index (κ3) is 2.78. The molecule has 0 aromatic heterocycles. The predicted molar refractivity (Wildman–Crippen MR) is 64.6 cm³/mol. The molecule has 2 rings (SSSR count). The molecule has 0 fully saturated rings. The number of benzene rings is 2. The molecule has 0 amide bonds. The first-order chi connectivity index (χ1) is 7.34. The second-order valence-corrected chi connectivity index (χ2v) is 3.34. The van der Waals surface area contributed by atoms with E-state index < -0.39 is 0 Å². The van der Waals surface area contributed by atoms with Gasteiger partial charge >= 0.3 is 0 Å². The molecular formula is C14H12N. The summed E-state index contributed by atoms with van der Waals surface area (Å²) in [6, 6.07) is 17.9. The van der Waals surface area contributed by atoms with Gasteiger partial charge in [0.25, 0.3) is 0 Å². The predicted octanol–water partition coefficient (Wildman–Crippen LogP) is 3.62. The highest BCUT2D eigenvalue weighted by Gasteiger charge is 1.88. The summed E-state index contributed by atoms with van der Waals surface area (Å²) in [5.74, 6) is 0. The van der Waals surface area contributed by atoms with Crippen LogP contribution < -0.4 is 0 Å². The highest BCUT2D eigenvalue weighted by Crippen LogP contribution is 2.12. The Hall–Kier alpha value is -1.89. The molecule has 73 valence electrons. The van der Waals surface area contributed by atoms with Gasteiger partial charge < -0.3 is 0 Å². The number of hydrogen-bond acceptors (Lipinski definition) is 1. The summed E-state index contributed by atoms with van der Waals surface area (Å²) in [6.45, 7) is 3.83. The quantitative estimate of drug-likeness (QED) is 0.647. The molecule has 1 nitrogen and oxygen atoms in total. The molecule has 0 heterocycles. The van der Waals surface area contributed by atoms with Crippen molar-refractivity contribution < 1.29 is 0 Å². The van der Waals surface area contributed by atoms with E-state index in [1.807, 2.05) is 60.8 Å². The van der Waals surface area contributed by atoms with Gasteiger partial charge in [-0.2, -0.15) is 0 Å². The minimum atomic E-state index is 0.950. The molecule has 0 N–H and O–H groups in total. The largest absolute Gasteiger partial charge is 0.256 e. The first-order valence-corrected chi connectivity index (χ1v) is 4.86. The summed E-state index contributed by atoms with van der Waals surface area (Å²) in [4.78, 5) is 4.36. The van der Waals surface area contributed by atoms with Crippen molar-refractivity contribution in [3.8, 4) is 0 Å². The Morgan fingerprint density at radius 1 is 0.867 bits per heavy atom. The Labute approximate surface area is 90.1 Å². The summed E-state index contributed by atoms with van der Waals surface area (Å²) < 4.78 is 0. The Morgan fingerprint density at radius 2 is 1.53 bits per heavy atom. The van der Waals surface area contributed by atoms with Gasteiger partial charge in [0.1, 0.15) is 0 Å². The first kappa shape index (κ1) is 9.66. The van der Waals surface area contributed by atoms with E-state index in [0.29, 0.717) is 0 Å². The fourth-order valence-corrected chi connectivity index (χ4v) is 1.27. The first-order valence-electron chi connectivity index (χ1n) is 4.86. The highest BCUT2D eigenvalue weighted by atomic mass is 14.7. The molecule has 0 aliphatic heterocycles. The van der Waals surface area contributed by atoms with Gasteiger partial charge in [0.05, 0.1) is 5.69 Å². The monoisotopic (exact) mass is 194 g/mol. The number of rotatable bonds is 2. The maximum absolute atomic E-state index is 4.36. The smallest absolute Gasteiger partial charge is 0.0630 e. The zero-order valence-corrected chi connectivity index (χ0v) is 8.43. The van der Waals surface area contributed by atoms with Crippen molar-refractivity contribution >= 4 is 11.9 Å². The molecule has 1 radical (unpaired) electrons. The zero-order chi connectivity index (χ0) is 10.5. The van der Waals surface area contributed by atoms with Crippen LogP contribution in [0.3, 0.4) is 0 Å². The third-order valence-corrected chi connectivity index (χ3v) is 2.10. The van der Waals surface area contributed by atoms with Gasteiger partial charge in [0, 0.05) is 6.21 Å². The van der Waals surface area contributed by atoms with Crippen LogP contribution in [0.2, 0.25) is 0 Å². The van der Waals surface area contributed by atoms with Crippen LogP contribution in [0.15, 0.2) is 59.6 Å². The van der Waals surface area contributed by atoms with Crippen molar-refractivity contribution in [1.82, 2.24) is 0 Å². The minimum Gasteiger partial charge on any atom is -0.256 e. The van der Waals surface area contributed by atoms with Crippen molar-refractivity contribution in [2.24, 2.45) is 4.99 Å². The molecule has 1 heteroatoms. The molecule has 2 aromatic rings. The maximum Gasteiger partial charge on any atom is 0.0630 e. The molecule has 0 aliphatic carbocycles. The van der Waals surface area contributed by atoms with Crippen LogP contribution in [-0.4, -0.2) is 6.21 Å². The average Bonchev–Trinajstić information content (AvgIpc) is 2.30. The standard InChI is InChI=1S/C14H12N/c1-12-7-9-14(10-8-12)15-11-13-5-3-2-4-6-13/h2-11H,1H2. The Morgan fingerprint density at radius 3 is 2.20 bits per heavy atom. The second-order valence-electron chi connectivity index (χ2n) is 3.34. The summed E-state index contributed by atoms with van der Waals surface area (Å²) in [5.41, 5.74) is 3.07. The van der Waals surface area contributed by atoms with E-state index >= 15 is 0 Å². The van der Waals surface area contributed by atoms with Crippen LogP contribution >= 0.6 is 0 Å². The van der Waals surface area contributed by atoms with E-state index in [1.165, 1.54) is 0 Å². The lowest BCUT2D eigenvalue weighted by Crippen LogP contribution is -1.77. The summed E-state index contributed by atoms with van der Waals surface area (Å²) in [5, 5.41) is 0. The molecule has 0 saturated heterocycles. The van der Waals surface area contributed by atoms with E-state index in [2.05, 4.69) is 11.9 Å². The Balaban J connectivity index is 2.15. The van der Waals surface area contributed by atoms with Crippen LogP contribution in [0.5, 0.6) is 0 Å². The van der Waals surface area contributed by atoms with E-state index in [0.717, 1.165) is 16.8 Å². The number of aliphatic imine (C=N–C) groups is 1. The fourth-order valence-electron chi connectivity index (χ4n) is 1.27. The normalized spacial score (nSPS) is 10.7. The van der Waals surface area contributed by atoms with Crippen LogP contribution in [-0.2, 0) is 0 Å². The molecule has 0 unspecified atom stereocenters. The van der Waals surface area contributed by atoms with E-state index in [9.17, 15) is 0 Å². The molecule has 0 saturated carbocycles. The topological polar surface area (TPSA) is 12.4 Å². The van der Waals surface area contributed by atoms with Gasteiger partial charge in [0.15, 0.2) is 0 Å². The van der Waals surface area contributed by atoms with Crippen molar-refractivity contribution in [2.75, 3.05) is 0 Å². The van der Waals surface area contributed by atoms with E-state index in [4.69, 9.17) is 0 Å². The van der Waals surface area contributed by atoms with Gasteiger partial charge in [-0.3, -0.25) is 4.99 Å². The molecule has 0 atom stereocenters. The van der Waals surface area contributed by atoms with Gasteiger partial charge in [-0.1, -0.05) is 42.5 Å². The lowest BCUT2D eigenvalue weighted by molar-refractivity contribution is 1.50. The maximum atomic E-state index is 4.36. The molecule has 0 bridgehead atoms. The number of hydrogen-bond donors (Lipinski definition) is 0. The van der Waals surface area contributed by atoms with E-state index in [-0.39, 0.29) is 0 Å². The molecule has 0 aliphatic rings. The lowest BCUT2D eigenvalue weighted by atomic mass is 10.2. The van der Waals surface area contributed by atoms with Crippen LogP contribution in [0, 0.1) is 6.92 Å². The van der Waals surface area contributed by atoms with Gasteiger partial charge in [-0.05, 0) is 30.2 Å². The summed E-state index contributed by atoms with van der Waals surface area (Å²) in [6.07, 6.45) is 1.86. The van der Waals surface area contributed by atoms with Gasteiger partial charge in [-0.15, -0.1) is 0 Å². The average molecular weight is 194 g/mol. The van der Waals surface area contributed by atoms with Crippen molar-refractivity contribution in [2.45, 2.75) is 0 Å². The van der Waals surface area contributed by atoms with Crippen LogP contribution in [0.4, 0.5) is 5.69 Å². The van der Waals surface area contributed by atoms with Crippen molar-refractivity contribution in [3.63, 3.8) is 0 Å². The fraction of sp³-hybridized carbons (Fsp3) is 0. The number of nitrogens with zero attached hydrogens (tertiary/aromatic N) is 1. The third-order valence-electron chi connectivity index (χ3n) is 2.10. The highest BCUT2D eigenvalue weighted by molar-refractivity contribution is 5.81. The minimum absolute atomic E-state index is 0.950. The lowest BCUT2D eigenvalue weighted by Gasteiger charge is -1.94. The van der Waals surface area contributed by atoms with Crippen molar-refractivity contribution in [1.29, 1.82) is 0 Å². The molecule has 0 spiro atoms. The summed E-state index contributed by atoms with van der Waals surface area (Å²) in [7, 11) is 0. The van der Waals surface area contributed by atoms with E-state index in [1.54, 1.807) is 0 Å². The van der Waals surface area contributed by atoms with Gasteiger partial charge in [-0.25, -0.2) is 0 Å². The Kier molecular flexibility index (Phi) is 2.93. The summed E-state index contributed by atoms with van der Waals surface area (Å²) >= 11 is 0. The SMILES string of the molecule is [CH2]c1ccc(N=Cc2ccccc2)cc1. The second kappa shape index (κ2) is 4.56. The molecule has 15 heavy (non-hydrogen) atoms. The van der Waals surface area contributed by atoms with Crippen LogP contribution in [0.25, 0.3) is 0 Å². The van der Waals surface area contributed by atoms with Crippen LogP contribution in [0.1, 0.15) is 11.1 Å². The molecular weight excluding hydrogens is 182 g/mol. The van der Waals surface area contributed by atoms with Crippen molar-refractivity contribution in [3.05, 3.63) is 72.6 Å². The Bertz CT molecular complexity index is 441. The molecule has 2 aromatic carbocycles.